The third-order valence-electron chi connectivity index (χ3n) is 5.45. The number of hydrogen-bond donors (Lipinski definition) is 2. The smallest absolute Gasteiger partial charge is 0.418 e. The van der Waals surface area contributed by atoms with Gasteiger partial charge in [-0.05, 0) is 42.5 Å². The zero-order chi connectivity index (χ0) is 25.3. The third-order valence-corrected chi connectivity index (χ3v) is 5.45. The van der Waals surface area contributed by atoms with Gasteiger partial charge in [0.2, 0.25) is 5.78 Å². The van der Waals surface area contributed by atoms with Crippen LogP contribution in [0.1, 0.15) is 32.0 Å². The van der Waals surface area contributed by atoms with Crippen molar-refractivity contribution in [2.75, 3.05) is 25.3 Å². The van der Waals surface area contributed by atoms with E-state index in [-0.39, 0.29) is 28.0 Å². The number of anilines is 2. The van der Waals surface area contributed by atoms with Gasteiger partial charge in [-0.3, -0.25) is 9.59 Å². The Balaban J connectivity index is 1.81. The van der Waals surface area contributed by atoms with E-state index in [0.717, 1.165) is 12.1 Å². The van der Waals surface area contributed by atoms with E-state index in [0.29, 0.717) is 11.5 Å². The van der Waals surface area contributed by atoms with Gasteiger partial charge < -0.3 is 24.9 Å². The SMILES string of the molecule is COc1ccc(C(=O)c2c(N)c(C(=O)Nc3ccccc3C(F)(F)F)c3ccccn23)cc1OC. The van der Waals surface area contributed by atoms with Crippen LogP contribution < -0.4 is 20.5 Å². The lowest BCUT2D eigenvalue weighted by atomic mass is 10.1. The number of alkyl halides is 3. The summed E-state index contributed by atoms with van der Waals surface area (Å²) in [6.45, 7) is 0. The van der Waals surface area contributed by atoms with Crippen LogP contribution in [0.25, 0.3) is 5.52 Å². The number of nitrogen functional groups attached to an aromatic ring is 1. The van der Waals surface area contributed by atoms with E-state index in [1.165, 1.54) is 42.9 Å². The average Bonchev–Trinajstić information content (AvgIpc) is 3.14. The van der Waals surface area contributed by atoms with E-state index in [1.54, 1.807) is 30.5 Å². The maximum absolute atomic E-state index is 13.5. The van der Waals surface area contributed by atoms with Gasteiger partial charge in [0.05, 0.1) is 42.2 Å². The van der Waals surface area contributed by atoms with Crippen LogP contribution in [0.15, 0.2) is 66.9 Å². The number of nitrogens with two attached hydrogens (primary N) is 1. The second kappa shape index (κ2) is 9.05. The molecule has 0 spiro atoms. The minimum Gasteiger partial charge on any atom is -0.493 e. The minimum absolute atomic E-state index is 0.0120. The summed E-state index contributed by atoms with van der Waals surface area (Å²) in [4.78, 5) is 26.6. The van der Waals surface area contributed by atoms with Crippen molar-refractivity contribution in [1.82, 2.24) is 4.40 Å². The van der Waals surface area contributed by atoms with Crippen molar-refractivity contribution in [1.29, 1.82) is 0 Å². The zero-order valence-electron chi connectivity index (χ0n) is 18.6. The molecule has 0 saturated heterocycles. The zero-order valence-corrected chi connectivity index (χ0v) is 18.6. The molecule has 0 aliphatic rings. The molecular weight excluding hydrogens is 463 g/mol. The first-order valence-electron chi connectivity index (χ1n) is 10.3. The topological polar surface area (TPSA) is 95.1 Å². The van der Waals surface area contributed by atoms with E-state index in [1.807, 2.05) is 0 Å². The van der Waals surface area contributed by atoms with E-state index in [2.05, 4.69) is 5.32 Å². The summed E-state index contributed by atoms with van der Waals surface area (Å²) in [6, 6.07) is 14.0. The van der Waals surface area contributed by atoms with Gasteiger partial charge in [0.25, 0.3) is 5.91 Å². The number of para-hydroxylation sites is 1. The van der Waals surface area contributed by atoms with Gasteiger partial charge in [0.15, 0.2) is 11.5 Å². The summed E-state index contributed by atoms with van der Waals surface area (Å²) in [7, 11) is 2.88. The van der Waals surface area contributed by atoms with Gasteiger partial charge in [0, 0.05) is 11.8 Å². The molecule has 0 saturated carbocycles. The number of methoxy groups -OCH3 is 2. The van der Waals surface area contributed by atoms with E-state index >= 15 is 0 Å². The van der Waals surface area contributed by atoms with Crippen LogP contribution in [-0.4, -0.2) is 30.3 Å². The Morgan fingerprint density at radius 2 is 1.63 bits per heavy atom. The van der Waals surface area contributed by atoms with Gasteiger partial charge in [-0.15, -0.1) is 0 Å². The Hall–Kier alpha value is -4.47. The highest BCUT2D eigenvalue weighted by atomic mass is 19.4. The van der Waals surface area contributed by atoms with Crippen molar-refractivity contribution in [2.24, 2.45) is 0 Å². The number of nitrogens with zero attached hydrogens (tertiary/aromatic N) is 1. The monoisotopic (exact) mass is 483 g/mol. The maximum atomic E-state index is 13.5. The van der Waals surface area contributed by atoms with Gasteiger partial charge >= 0.3 is 6.18 Å². The van der Waals surface area contributed by atoms with Crippen LogP contribution >= 0.6 is 0 Å². The van der Waals surface area contributed by atoms with Gasteiger partial charge in [-0.1, -0.05) is 18.2 Å². The fraction of sp³-hybridized carbons (Fsp3) is 0.120. The quantitative estimate of drug-likeness (QED) is 0.375. The molecule has 4 rings (SSSR count). The molecule has 7 nitrogen and oxygen atoms in total. The number of nitrogens with one attached hydrogen (secondary N) is 1. The second-order valence-electron chi connectivity index (χ2n) is 7.49. The van der Waals surface area contributed by atoms with E-state index in [9.17, 15) is 22.8 Å². The summed E-state index contributed by atoms with van der Waals surface area (Å²) < 4.78 is 52.1. The molecule has 0 fully saturated rings. The molecule has 0 unspecified atom stereocenters. The Morgan fingerprint density at radius 1 is 0.943 bits per heavy atom. The number of carbonyl (C=O) groups excluding carboxylic acids is 2. The number of hydrogen-bond acceptors (Lipinski definition) is 5. The molecule has 2 aromatic heterocycles. The number of ketones is 1. The van der Waals surface area contributed by atoms with Crippen LogP contribution in [0.5, 0.6) is 11.5 Å². The molecule has 0 aliphatic heterocycles. The molecule has 180 valence electrons. The molecule has 3 N–H and O–H groups in total. The van der Waals surface area contributed by atoms with Crippen molar-refractivity contribution in [3.63, 3.8) is 0 Å². The molecule has 0 bridgehead atoms. The minimum atomic E-state index is -4.67. The lowest BCUT2D eigenvalue weighted by molar-refractivity contribution is -0.136. The van der Waals surface area contributed by atoms with Crippen molar-refractivity contribution in [2.45, 2.75) is 6.18 Å². The van der Waals surface area contributed by atoms with Crippen molar-refractivity contribution < 1.29 is 32.2 Å². The molecule has 0 atom stereocenters. The fourth-order valence-corrected chi connectivity index (χ4v) is 3.84. The number of pyridine rings is 1. The first kappa shape index (κ1) is 23.7. The van der Waals surface area contributed by atoms with Crippen molar-refractivity contribution in [3.05, 3.63) is 89.2 Å². The highest BCUT2D eigenvalue weighted by molar-refractivity contribution is 6.20. The maximum Gasteiger partial charge on any atom is 0.418 e. The van der Waals surface area contributed by atoms with Crippen molar-refractivity contribution in [3.8, 4) is 11.5 Å². The summed E-state index contributed by atoms with van der Waals surface area (Å²) in [5.41, 5.74) is 5.03. The summed E-state index contributed by atoms with van der Waals surface area (Å²) in [6.07, 6.45) is -3.13. The van der Waals surface area contributed by atoms with Crippen LogP contribution in [0.2, 0.25) is 0 Å². The third kappa shape index (κ3) is 4.25. The fourth-order valence-electron chi connectivity index (χ4n) is 3.84. The molecule has 4 aromatic rings. The van der Waals surface area contributed by atoms with Gasteiger partial charge in [-0.2, -0.15) is 13.2 Å². The molecule has 2 heterocycles. The Labute approximate surface area is 197 Å². The molecule has 1 amide bonds. The summed E-state index contributed by atoms with van der Waals surface area (Å²) in [5, 5.41) is 2.29. The Morgan fingerprint density at radius 3 is 2.31 bits per heavy atom. The number of aromatic nitrogens is 1. The van der Waals surface area contributed by atoms with Crippen LogP contribution in [0, 0.1) is 0 Å². The number of ether oxygens (including phenoxy) is 2. The molecule has 10 heteroatoms. The standard InChI is InChI=1S/C25H20F3N3O4/c1-34-18-11-10-14(13-19(18)35-2)23(32)22-21(29)20(17-9-5-6-12-31(17)22)24(33)30-16-8-4-3-7-15(16)25(26,27)28/h3-13H,29H2,1-2H3,(H,30,33). The van der Waals surface area contributed by atoms with Gasteiger partial charge in [-0.25, -0.2) is 0 Å². The predicted octanol–water partition coefficient (Wildman–Crippen LogP) is 5.04. The van der Waals surface area contributed by atoms with Crippen LogP contribution in [0.4, 0.5) is 24.5 Å². The van der Waals surface area contributed by atoms with Crippen LogP contribution in [0.3, 0.4) is 0 Å². The lowest BCUT2D eigenvalue weighted by Crippen LogP contribution is -2.17. The Bertz CT molecular complexity index is 1440. The number of amides is 1. The van der Waals surface area contributed by atoms with E-state index in [4.69, 9.17) is 15.2 Å². The number of carbonyl (C=O) groups is 2. The number of benzene rings is 2. The number of fused-ring (bicyclic) bond motifs is 1. The van der Waals surface area contributed by atoms with Crippen molar-refractivity contribution >= 4 is 28.6 Å². The normalized spacial score (nSPS) is 11.3. The first-order valence-corrected chi connectivity index (χ1v) is 10.3. The average molecular weight is 483 g/mol. The summed E-state index contributed by atoms with van der Waals surface area (Å²) in [5.74, 6) is -0.659. The summed E-state index contributed by atoms with van der Waals surface area (Å²) >= 11 is 0. The second-order valence-corrected chi connectivity index (χ2v) is 7.49. The first-order chi connectivity index (χ1) is 16.7. The Kier molecular flexibility index (Phi) is 6.12. The molecule has 35 heavy (non-hydrogen) atoms. The predicted molar refractivity (Wildman–Crippen MR) is 124 cm³/mol. The number of rotatable bonds is 6. The highest BCUT2D eigenvalue weighted by Gasteiger charge is 2.34. The molecule has 0 aliphatic carbocycles. The molecule has 0 radical (unpaired) electrons. The number of halogens is 3. The molecule has 2 aromatic carbocycles. The lowest BCUT2D eigenvalue weighted by Gasteiger charge is -2.13. The largest absolute Gasteiger partial charge is 0.493 e. The van der Waals surface area contributed by atoms with Gasteiger partial charge in [0.1, 0.15) is 5.69 Å². The highest BCUT2D eigenvalue weighted by Crippen LogP contribution is 2.36. The molecular formula is C25H20F3N3O4. The van der Waals surface area contributed by atoms with E-state index < -0.39 is 29.1 Å². The van der Waals surface area contributed by atoms with Crippen LogP contribution in [-0.2, 0) is 6.18 Å².